The topological polar surface area (TPSA) is 68.1 Å². The number of ketones is 1. The third-order valence-corrected chi connectivity index (χ3v) is 5.36. The number of Topliss-reactive ketones (excluding diaryl/α,β-unsaturated/α-hetero) is 1. The highest BCUT2D eigenvalue weighted by atomic mass is 35.5. The number of allylic oxidation sites excluding steroid dienone is 1. The Hall–Kier alpha value is -2.04. The van der Waals surface area contributed by atoms with E-state index in [1.54, 1.807) is 0 Å². The predicted octanol–water partition coefficient (Wildman–Crippen LogP) is 4.15. The molecular weight excluding hydrogens is 428 g/mol. The minimum atomic E-state index is -4.87. The van der Waals surface area contributed by atoms with E-state index in [2.05, 4.69) is 10.2 Å². The second kappa shape index (κ2) is 6.84. The summed E-state index contributed by atoms with van der Waals surface area (Å²) in [5, 5.41) is 7.40. The summed E-state index contributed by atoms with van der Waals surface area (Å²) in [7, 11) is 0. The molecule has 142 valence electrons. The van der Waals surface area contributed by atoms with E-state index in [1.165, 1.54) is 25.1 Å². The molecule has 0 unspecified atom stereocenters. The molecule has 0 saturated carbocycles. The quantitative estimate of drug-likeness (QED) is 0.706. The fraction of sp³-hybridized carbons (Fsp3) is 0.200. The molecule has 12 heteroatoms. The number of carbonyl (C=O) groups excluding carboxylic acids is 2. The molecule has 27 heavy (non-hydrogen) atoms. The Morgan fingerprint density at radius 1 is 1.11 bits per heavy atom. The SMILES string of the molecule is CC(=O)C1=C(c2ccc(Cl)c(Cl)c2)N(C(C)=O)n2c(nnc2C(F)(F)F)S1. The summed E-state index contributed by atoms with van der Waals surface area (Å²) in [5.41, 5.74) is 0.182. The molecule has 0 atom stereocenters. The van der Waals surface area contributed by atoms with Gasteiger partial charge in [-0.25, -0.2) is 5.01 Å². The molecule has 1 aromatic carbocycles. The number of hydrogen-bond donors (Lipinski definition) is 0. The summed E-state index contributed by atoms with van der Waals surface area (Å²) in [6, 6.07) is 4.23. The highest BCUT2D eigenvalue weighted by molar-refractivity contribution is 8.04. The van der Waals surface area contributed by atoms with Gasteiger partial charge in [0.15, 0.2) is 5.78 Å². The van der Waals surface area contributed by atoms with Gasteiger partial charge in [0.25, 0.3) is 5.82 Å². The minimum absolute atomic E-state index is 0.0252. The van der Waals surface area contributed by atoms with Crippen LogP contribution in [0.3, 0.4) is 0 Å². The van der Waals surface area contributed by atoms with Crippen LogP contribution in [0.25, 0.3) is 5.70 Å². The summed E-state index contributed by atoms with van der Waals surface area (Å²) >= 11 is 12.6. The molecule has 0 radical (unpaired) electrons. The van der Waals surface area contributed by atoms with Crippen LogP contribution < -0.4 is 5.01 Å². The van der Waals surface area contributed by atoms with Crippen LogP contribution >= 0.6 is 35.0 Å². The number of nitrogens with zero attached hydrogens (tertiary/aromatic N) is 4. The number of rotatable bonds is 2. The van der Waals surface area contributed by atoms with Crippen molar-refractivity contribution in [1.82, 2.24) is 14.9 Å². The first-order valence-corrected chi connectivity index (χ1v) is 8.81. The number of halogens is 5. The Morgan fingerprint density at radius 3 is 2.30 bits per heavy atom. The van der Waals surface area contributed by atoms with Gasteiger partial charge in [-0.1, -0.05) is 29.3 Å². The third kappa shape index (κ3) is 3.44. The van der Waals surface area contributed by atoms with Crippen LogP contribution in [0.1, 0.15) is 25.2 Å². The number of hydrogen-bond acceptors (Lipinski definition) is 5. The normalized spacial score (nSPS) is 14.4. The average molecular weight is 437 g/mol. The zero-order valence-electron chi connectivity index (χ0n) is 13.6. The first-order valence-electron chi connectivity index (χ1n) is 7.24. The van der Waals surface area contributed by atoms with Gasteiger partial charge in [0.2, 0.25) is 11.1 Å². The second-order valence-electron chi connectivity index (χ2n) is 5.41. The first kappa shape index (κ1) is 19.7. The van der Waals surface area contributed by atoms with Crippen molar-refractivity contribution in [3.63, 3.8) is 0 Å². The van der Waals surface area contributed by atoms with Gasteiger partial charge < -0.3 is 0 Å². The molecule has 0 aliphatic carbocycles. The highest BCUT2D eigenvalue weighted by Gasteiger charge is 2.44. The summed E-state index contributed by atoms with van der Waals surface area (Å²) in [5.74, 6) is -2.63. The van der Waals surface area contributed by atoms with Crippen LogP contribution in [0, 0.1) is 0 Å². The second-order valence-corrected chi connectivity index (χ2v) is 7.20. The summed E-state index contributed by atoms with van der Waals surface area (Å²) < 4.78 is 40.6. The Morgan fingerprint density at radius 2 is 1.78 bits per heavy atom. The Balaban J connectivity index is 2.33. The van der Waals surface area contributed by atoms with Crippen molar-refractivity contribution in [1.29, 1.82) is 0 Å². The van der Waals surface area contributed by atoms with Gasteiger partial charge in [-0.2, -0.15) is 17.8 Å². The Bertz CT molecular complexity index is 1000. The standard InChI is InChI=1S/C15H9Cl2F3N4O2S/c1-6(25)12-11(8-3-4-9(16)10(17)5-8)23(7(2)26)24-13(15(18,19)20)21-22-14(24)27-12/h3-5H,1-2H3. The lowest BCUT2D eigenvalue weighted by Gasteiger charge is -2.32. The maximum Gasteiger partial charge on any atom is 0.453 e. The molecule has 2 aromatic rings. The number of carbonyl (C=O) groups is 2. The van der Waals surface area contributed by atoms with E-state index >= 15 is 0 Å². The largest absolute Gasteiger partial charge is 0.453 e. The van der Waals surface area contributed by atoms with Crippen LogP contribution in [-0.4, -0.2) is 26.6 Å². The number of aromatic nitrogens is 3. The zero-order valence-corrected chi connectivity index (χ0v) is 16.0. The van der Waals surface area contributed by atoms with Crippen LogP contribution in [0.15, 0.2) is 28.3 Å². The molecule has 6 nitrogen and oxygen atoms in total. The molecule has 1 aromatic heterocycles. The van der Waals surface area contributed by atoms with E-state index in [4.69, 9.17) is 23.2 Å². The molecule has 0 fully saturated rings. The van der Waals surface area contributed by atoms with Crippen molar-refractivity contribution in [3.8, 4) is 0 Å². The van der Waals surface area contributed by atoms with Crippen LogP contribution in [0.5, 0.6) is 0 Å². The van der Waals surface area contributed by atoms with Crippen LogP contribution in [0.4, 0.5) is 13.2 Å². The van der Waals surface area contributed by atoms with Crippen molar-refractivity contribution in [2.45, 2.75) is 25.2 Å². The number of benzene rings is 1. The molecule has 2 heterocycles. The average Bonchev–Trinajstić information content (AvgIpc) is 2.99. The van der Waals surface area contributed by atoms with Gasteiger partial charge in [0.1, 0.15) is 0 Å². The van der Waals surface area contributed by atoms with Gasteiger partial charge >= 0.3 is 6.18 Å². The van der Waals surface area contributed by atoms with Gasteiger partial charge in [0.05, 0.1) is 20.6 Å². The lowest BCUT2D eigenvalue weighted by molar-refractivity contribution is -0.148. The molecule has 1 aliphatic heterocycles. The van der Waals surface area contributed by atoms with Crippen LogP contribution in [0.2, 0.25) is 10.0 Å². The van der Waals surface area contributed by atoms with Gasteiger partial charge in [-0.15, -0.1) is 10.2 Å². The molecule has 0 bridgehead atoms. The molecule has 0 spiro atoms. The minimum Gasteiger partial charge on any atom is -0.294 e. The number of thioether (sulfide) groups is 1. The van der Waals surface area contributed by atoms with Gasteiger partial charge in [-0.3, -0.25) is 9.59 Å². The number of fused-ring (bicyclic) bond motifs is 1. The first-order chi connectivity index (χ1) is 12.5. The molecular formula is C15H9Cl2F3N4O2S. The maximum absolute atomic E-state index is 13.4. The molecule has 1 amide bonds. The van der Waals surface area contributed by atoms with Crippen molar-refractivity contribution in [2.75, 3.05) is 5.01 Å². The number of amides is 1. The molecule has 0 N–H and O–H groups in total. The van der Waals surface area contributed by atoms with Crippen molar-refractivity contribution >= 4 is 52.4 Å². The van der Waals surface area contributed by atoms with Gasteiger partial charge in [-0.05, 0) is 30.8 Å². The monoisotopic (exact) mass is 436 g/mol. The van der Waals surface area contributed by atoms with E-state index < -0.39 is 23.7 Å². The third-order valence-electron chi connectivity index (χ3n) is 3.50. The summed E-state index contributed by atoms with van der Waals surface area (Å²) in [6.07, 6.45) is -4.87. The van der Waals surface area contributed by atoms with E-state index in [0.717, 1.165) is 6.92 Å². The smallest absolute Gasteiger partial charge is 0.294 e. The Labute approximate surface area is 164 Å². The molecule has 1 aliphatic rings. The molecule has 0 saturated heterocycles. The van der Waals surface area contributed by atoms with Crippen molar-refractivity contribution in [3.05, 3.63) is 44.5 Å². The maximum atomic E-state index is 13.4. The zero-order chi connectivity index (χ0) is 20.1. The van der Waals surface area contributed by atoms with Gasteiger partial charge in [0, 0.05) is 12.5 Å². The number of alkyl halides is 3. The van der Waals surface area contributed by atoms with E-state index in [1.807, 2.05) is 0 Å². The molecule has 3 rings (SSSR count). The lowest BCUT2D eigenvalue weighted by atomic mass is 10.1. The summed E-state index contributed by atoms with van der Waals surface area (Å²) in [4.78, 5) is 24.5. The highest BCUT2D eigenvalue weighted by Crippen LogP contribution is 2.43. The van der Waals surface area contributed by atoms with E-state index in [0.29, 0.717) is 21.4 Å². The van der Waals surface area contributed by atoms with Crippen molar-refractivity contribution in [2.24, 2.45) is 0 Å². The lowest BCUT2D eigenvalue weighted by Crippen LogP contribution is -2.43. The fourth-order valence-corrected chi connectivity index (χ4v) is 3.72. The van der Waals surface area contributed by atoms with Crippen LogP contribution in [-0.2, 0) is 15.8 Å². The van der Waals surface area contributed by atoms with E-state index in [9.17, 15) is 22.8 Å². The van der Waals surface area contributed by atoms with E-state index in [-0.39, 0.29) is 31.4 Å². The van der Waals surface area contributed by atoms with Crippen molar-refractivity contribution < 1.29 is 22.8 Å². The predicted molar refractivity (Wildman–Crippen MR) is 93.8 cm³/mol. The summed E-state index contributed by atoms with van der Waals surface area (Å²) in [6.45, 7) is 2.30. The fourth-order valence-electron chi connectivity index (χ4n) is 2.46. The Kier molecular flexibility index (Phi) is 5.00.